The van der Waals surface area contributed by atoms with Gasteiger partial charge in [0.1, 0.15) is 0 Å². The van der Waals surface area contributed by atoms with Crippen LogP contribution in [0.2, 0.25) is 0 Å². The lowest BCUT2D eigenvalue weighted by atomic mass is 10.2. The highest BCUT2D eigenvalue weighted by Crippen LogP contribution is 2.04. The minimum absolute atomic E-state index is 0.0353. The molecule has 1 atom stereocenters. The Morgan fingerprint density at radius 2 is 2.00 bits per heavy atom. The monoisotopic (exact) mass is 274 g/mol. The predicted molar refractivity (Wildman–Crippen MR) is 74.2 cm³/mol. The summed E-state index contributed by atoms with van der Waals surface area (Å²) >= 11 is 0. The maximum Gasteiger partial charge on any atom is 0.281 e. The molecule has 1 aliphatic heterocycles. The van der Waals surface area contributed by atoms with E-state index >= 15 is 0 Å². The summed E-state index contributed by atoms with van der Waals surface area (Å²) < 4.78 is -0.337. The van der Waals surface area contributed by atoms with Crippen LogP contribution in [0.1, 0.15) is 12.5 Å². The number of carbonyl (C=O) groups excluding carboxylic acids is 2. The molecule has 0 aliphatic carbocycles. The van der Waals surface area contributed by atoms with E-state index < -0.39 is 0 Å². The highest BCUT2D eigenvalue weighted by Gasteiger charge is 2.33. The predicted octanol–water partition coefficient (Wildman–Crippen LogP) is 0.156. The fourth-order valence-electron chi connectivity index (χ4n) is 1.81. The highest BCUT2D eigenvalue weighted by molar-refractivity contribution is 5.81. The van der Waals surface area contributed by atoms with Crippen molar-refractivity contribution in [2.75, 3.05) is 6.54 Å². The zero-order valence-electron chi connectivity index (χ0n) is 11.1. The zero-order chi connectivity index (χ0) is 14.4. The largest absolute Gasteiger partial charge is 0.347 e. The van der Waals surface area contributed by atoms with Gasteiger partial charge in [-0.05, 0) is 15.4 Å². The molecule has 0 bridgehead atoms. The van der Waals surface area contributed by atoms with E-state index in [-0.39, 0.29) is 23.1 Å². The van der Waals surface area contributed by atoms with E-state index in [1.165, 1.54) is 19.6 Å². The summed E-state index contributed by atoms with van der Waals surface area (Å²) in [7, 11) is 0. The molecule has 0 saturated carbocycles. The Balaban J connectivity index is 1.91. The molecule has 0 spiro atoms. The first kappa shape index (κ1) is 13.9. The van der Waals surface area contributed by atoms with Crippen LogP contribution in [0.15, 0.2) is 40.4 Å². The van der Waals surface area contributed by atoms with Gasteiger partial charge in [0.15, 0.2) is 6.34 Å². The summed E-state index contributed by atoms with van der Waals surface area (Å²) in [5.74, 6) is -0.514. The van der Waals surface area contributed by atoms with Gasteiger partial charge >= 0.3 is 0 Å². The van der Waals surface area contributed by atoms with Crippen molar-refractivity contribution in [1.82, 2.24) is 10.7 Å². The van der Waals surface area contributed by atoms with E-state index in [9.17, 15) is 9.59 Å². The van der Waals surface area contributed by atoms with Crippen LogP contribution in [0.25, 0.3) is 0 Å². The highest BCUT2D eigenvalue weighted by atomic mass is 16.2. The molecule has 1 unspecified atom stereocenters. The minimum Gasteiger partial charge on any atom is -0.347 e. The van der Waals surface area contributed by atoms with Crippen molar-refractivity contribution in [3.63, 3.8) is 0 Å². The SMILES string of the molecule is CC(=O)N[N+]1(CC(=O)NCc2ccccc2)C=NC=N1. The van der Waals surface area contributed by atoms with Crippen LogP contribution < -0.4 is 10.7 Å². The first-order valence-corrected chi connectivity index (χ1v) is 6.15. The molecule has 1 heterocycles. The quantitative estimate of drug-likeness (QED) is 0.750. The number of benzene rings is 1. The normalized spacial score (nSPS) is 19.9. The molecular weight excluding hydrogens is 258 g/mol. The van der Waals surface area contributed by atoms with E-state index in [0.29, 0.717) is 6.54 Å². The third-order valence-electron chi connectivity index (χ3n) is 2.65. The lowest BCUT2D eigenvalue weighted by Crippen LogP contribution is -2.57. The molecule has 7 heteroatoms. The van der Waals surface area contributed by atoms with Crippen LogP contribution in [0, 0.1) is 0 Å². The molecule has 7 nitrogen and oxygen atoms in total. The second-order valence-electron chi connectivity index (χ2n) is 4.41. The maximum absolute atomic E-state index is 11.9. The number of nitrogens with one attached hydrogen (secondary N) is 2. The molecule has 0 fully saturated rings. The fourth-order valence-corrected chi connectivity index (χ4v) is 1.81. The molecule has 2 amide bonds. The first-order chi connectivity index (χ1) is 9.60. The van der Waals surface area contributed by atoms with E-state index in [0.717, 1.165) is 5.56 Å². The molecule has 1 aromatic carbocycles. The lowest BCUT2D eigenvalue weighted by molar-refractivity contribution is -0.867. The smallest absolute Gasteiger partial charge is 0.281 e. The summed E-state index contributed by atoms with van der Waals surface area (Å²) in [5.41, 5.74) is 3.58. The van der Waals surface area contributed by atoms with Crippen molar-refractivity contribution in [3.8, 4) is 0 Å². The Labute approximate surface area is 116 Å². The summed E-state index contributed by atoms with van der Waals surface area (Å²) in [6.45, 7) is 1.76. The Morgan fingerprint density at radius 3 is 2.60 bits per heavy atom. The van der Waals surface area contributed by atoms with E-state index in [1.54, 1.807) is 0 Å². The third-order valence-corrected chi connectivity index (χ3v) is 2.65. The second-order valence-corrected chi connectivity index (χ2v) is 4.41. The minimum atomic E-state index is -0.337. The maximum atomic E-state index is 11.9. The number of nitrogens with zero attached hydrogens (tertiary/aromatic N) is 3. The summed E-state index contributed by atoms with van der Waals surface area (Å²) in [5, 5.41) is 6.78. The van der Waals surface area contributed by atoms with Crippen molar-refractivity contribution in [1.29, 1.82) is 0 Å². The van der Waals surface area contributed by atoms with Gasteiger partial charge in [0.2, 0.25) is 12.9 Å². The number of rotatable bonds is 5. The van der Waals surface area contributed by atoms with Gasteiger partial charge in [0, 0.05) is 13.5 Å². The van der Waals surface area contributed by atoms with Gasteiger partial charge in [-0.2, -0.15) is 10.4 Å². The van der Waals surface area contributed by atoms with E-state index in [4.69, 9.17) is 0 Å². The van der Waals surface area contributed by atoms with Gasteiger partial charge in [-0.3, -0.25) is 9.59 Å². The second kappa shape index (κ2) is 6.07. The van der Waals surface area contributed by atoms with Crippen molar-refractivity contribution in [2.24, 2.45) is 10.1 Å². The van der Waals surface area contributed by atoms with Crippen molar-refractivity contribution in [3.05, 3.63) is 35.9 Å². The Kier molecular flexibility index (Phi) is 4.21. The van der Waals surface area contributed by atoms with E-state index in [1.807, 2.05) is 30.3 Å². The topological polar surface area (TPSA) is 82.9 Å². The Morgan fingerprint density at radius 1 is 1.25 bits per heavy atom. The van der Waals surface area contributed by atoms with Gasteiger partial charge in [-0.15, -0.1) is 0 Å². The van der Waals surface area contributed by atoms with Gasteiger partial charge in [-0.25, -0.2) is 0 Å². The Bertz CT molecular complexity index is 541. The average Bonchev–Trinajstić information content (AvgIpc) is 2.85. The van der Waals surface area contributed by atoms with Crippen molar-refractivity contribution >= 4 is 24.5 Å². The zero-order valence-corrected chi connectivity index (χ0v) is 11.1. The molecule has 20 heavy (non-hydrogen) atoms. The van der Waals surface area contributed by atoms with Crippen LogP contribution in [-0.4, -0.2) is 35.7 Å². The van der Waals surface area contributed by atoms with E-state index in [2.05, 4.69) is 20.8 Å². The number of hydrogen-bond acceptors (Lipinski definition) is 4. The fraction of sp³-hybridized carbons (Fsp3) is 0.231. The average molecular weight is 274 g/mol. The van der Waals surface area contributed by atoms with Gasteiger partial charge in [0.05, 0.1) is 0 Å². The Hall–Kier alpha value is -2.54. The first-order valence-electron chi connectivity index (χ1n) is 6.15. The van der Waals surface area contributed by atoms with Crippen LogP contribution in [-0.2, 0) is 16.1 Å². The molecule has 1 aromatic rings. The molecule has 104 valence electrons. The molecule has 2 rings (SSSR count). The number of aliphatic imine (C=N–C) groups is 1. The lowest BCUT2D eigenvalue weighted by Gasteiger charge is -2.22. The third kappa shape index (κ3) is 3.72. The molecule has 2 N–H and O–H groups in total. The van der Waals surface area contributed by atoms with Crippen molar-refractivity contribution < 1.29 is 14.3 Å². The molecular formula is C13H16N5O2+. The van der Waals surface area contributed by atoms with Gasteiger partial charge < -0.3 is 5.32 Å². The van der Waals surface area contributed by atoms with Crippen LogP contribution in [0.3, 0.4) is 0 Å². The molecule has 0 aromatic heterocycles. The van der Waals surface area contributed by atoms with Gasteiger partial charge in [-0.1, -0.05) is 30.3 Å². The molecule has 1 aliphatic rings. The van der Waals surface area contributed by atoms with Crippen LogP contribution in [0.5, 0.6) is 0 Å². The molecule has 0 saturated heterocycles. The van der Waals surface area contributed by atoms with Gasteiger partial charge in [0.25, 0.3) is 11.8 Å². The standard InChI is InChI=1S/C13H15N5O2/c1-11(19)17-18(10-14-9-16-18)8-13(20)15-7-12-5-3-2-4-6-12/h2-6,9-10H,7-8H2,1H3,(H-,15,17,19,20)/p+1. The number of carbonyl (C=O) groups is 2. The summed E-state index contributed by atoms with van der Waals surface area (Å²) in [4.78, 5) is 26.9. The number of quaternary nitrogens is 1. The van der Waals surface area contributed by atoms with Crippen LogP contribution in [0.4, 0.5) is 0 Å². The number of amides is 2. The van der Waals surface area contributed by atoms with Crippen molar-refractivity contribution in [2.45, 2.75) is 13.5 Å². The van der Waals surface area contributed by atoms with Crippen LogP contribution >= 0.6 is 0 Å². The summed E-state index contributed by atoms with van der Waals surface area (Å²) in [6, 6.07) is 9.58. The molecule has 0 radical (unpaired) electrons. The number of hydrogen-bond donors (Lipinski definition) is 2. The summed E-state index contributed by atoms with van der Waals surface area (Å²) in [6.07, 6.45) is 2.71.